The van der Waals surface area contributed by atoms with Gasteiger partial charge in [-0.1, -0.05) is 189 Å². The zero-order valence-corrected chi connectivity index (χ0v) is 32.2. The van der Waals surface area contributed by atoms with Crippen LogP contribution in [0.4, 0.5) is 0 Å². The molecule has 0 bridgehead atoms. The van der Waals surface area contributed by atoms with E-state index in [0.29, 0.717) is 5.82 Å². The van der Waals surface area contributed by atoms with Gasteiger partial charge in [0.1, 0.15) is 5.82 Å². The first-order chi connectivity index (χ1) is 28.7. The molecule has 11 rings (SSSR count). The van der Waals surface area contributed by atoms with Crippen LogP contribution in [0.1, 0.15) is 34.7 Å². The van der Waals surface area contributed by atoms with E-state index < -0.39 is 5.41 Å². The van der Waals surface area contributed by atoms with Crippen LogP contribution >= 0.6 is 0 Å². The number of hydrogen-bond acceptors (Lipinski definition) is 2. The third kappa shape index (κ3) is 5.13. The second-order valence-electron chi connectivity index (χ2n) is 15.2. The van der Waals surface area contributed by atoms with E-state index in [1.165, 1.54) is 55.3 Å². The lowest BCUT2D eigenvalue weighted by molar-refractivity contribution is 0.770. The summed E-state index contributed by atoms with van der Waals surface area (Å²) in [7, 11) is 0. The number of hydrogen-bond donors (Lipinski definition) is 0. The van der Waals surface area contributed by atoms with Gasteiger partial charge in [-0.25, -0.2) is 9.97 Å². The maximum atomic E-state index is 5.50. The third-order valence-electron chi connectivity index (χ3n) is 12.1. The quantitative estimate of drug-likeness (QED) is 0.163. The van der Waals surface area contributed by atoms with Gasteiger partial charge in [-0.2, -0.15) is 0 Å². The summed E-state index contributed by atoms with van der Waals surface area (Å²) in [6.45, 7) is 2.22. The van der Waals surface area contributed by atoms with Crippen LogP contribution < -0.4 is 0 Å². The summed E-state index contributed by atoms with van der Waals surface area (Å²) >= 11 is 0. The average molecular weight is 742 g/mol. The van der Waals surface area contributed by atoms with Crippen molar-refractivity contribution in [1.82, 2.24) is 14.5 Å². The highest BCUT2D eigenvalue weighted by Crippen LogP contribution is 2.58. The molecule has 10 aromatic rings. The Morgan fingerprint density at radius 2 is 0.983 bits per heavy atom. The minimum atomic E-state index is -0.556. The Bertz CT molecular complexity index is 3080. The van der Waals surface area contributed by atoms with Crippen LogP contribution in [0.25, 0.3) is 72.5 Å². The van der Waals surface area contributed by atoms with Crippen LogP contribution in [0.3, 0.4) is 0 Å². The van der Waals surface area contributed by atoms with Gasteiger partial charge in [0, 0.05) is 27.5 Å². The molecule has 0 saturated carbocycles. The topological polar surface area (TPSA) is 30.7 Å². The molecule has 0 fully saturated rings. The van der Waals surface area contributed by atoms with Crippen molar-refractivity contribution in [3.05, 3.63) is 234 Å². The van der Waals surface area contributed by atoms with Crippen molar-refractivity contribution in [2.45, 2.75) is 18.8 Å². The molecule has 3 heteroatoms. The molecule has 0 spiro atoms. The molecule has 274 valence electrons. The molecule has 0 aliphatic heterocycles. The summed E-state index contributed by atoms with van der Waals surface area (Å²) < 4.78 is 2.41. The molecular weight excluding hydrogens is 703 g/mol. The minimum Gasteiger partial charge on any atom is -0.293 e. The molecular formula is C55H39N3. The van der Waals surface area contributed by atoms with Crippen LogP contribution in [-0.2, 0) is 11.8 Å². The Kier molecular flexibility index (Phi) is 8.01. The number of fused-ring (bicyclic) bond motifs is 6. The molecule has 1 aliphatic carbocycles. The van der Waals surface area contributed by atoms with Gasteiger partial charge in [0.15, 0.2) is 5.82 Å². The monoisotopic (exact) mass is 741 g/mol. The molecule has 8 aromatic carbocycles. The Hall–Kier alpha value is -7.36. The lowest BCUT2D eigenvalue weighted by Crippen LogP contribution is -2.28. The number of aromatic nitrogens is 3. The van der Waals surface area contributed by atoms with E-state index in [4.69, 9.17) is 9.97 Å². The maximum Gasteiger partial charge on any atom is 0.162 e. The van der Waals surface area contributed by atoms with Crippen molar-refractivity contribution in [2.75, 3.05) is 0 Å². The van der Waals surface area contributed by atoms with Crippen LogP contribution in [0.5, 0.6) is 0 Å². The fourth-order valence-corrected chi connectivity index (χ4v) is 9.52. The predicted molar refractivity (Wildman–Crippen MR) is 239 cm³/mol. The summed E-state index contributed by atoms with van der Waals surface area (Å²) in [6, 6.07) is 74.7. The van der Waals surface area contributed by atoms with Crippen molar-refractivity contribution in [1.29, 1.82) is 0 Å². The van der Waals surface area contributed by atoms with E-state index in [1.54, 1.807) is 0 Å². The fraction of sp³-hybridized carbons (Fsp3) is 0.0545. The number of nitrogens with zero attached hydrogens (tertiary/aromatic N) is 3. The Morgan fingerprint density at radius 1 is 0.431 bits per heavy atom. The fourth-order valence-electron chi connectivity index (χ4n) is 9.52. The Labute approximate surface area is 338 Å². The van der Waals surface area contributed by atoms with Crippen molar-refractivity contribution in [3.63, 3.8) is 0 Å². The highest BCUT2D eigenvalue weighted by Gasteiger charge is 2.47. The molecule has 1 aliphatic rings. The molecule has 3 nitrogen and oxygen atoms in total. The molecule has 0 saturated heterocycles. The van der Waals surface area contributed by atoms with E-state index >= 15 is 0 Å². The van der Waals surface area contributed by atoms with E-state index in [9.17, 15) is 0 Å². The maximum absolute atomic E-state index is 5.50. The molecule has 0 amide bonds. The summed E-state index contributed by atoms with van der Waals surface area (Å²) in [4.78, 5) is 10.8. The zero-order chi connectivity index (χ0) is 38.6. The van der Waals surface area contributed by atoms with Crippen LogP contribution in [-0.4, -0.2) is 14.5 Å². The van der Waals surface area contributed by atoms with Gasteiger partial charge in [0.2, 0.25) is 0 Å². The Morgan fingerprint density at radius 3 is 1.62 bits per heavy atom. The SMILES string of the molecule is CCc1c(-c2ccccc2)nc(-c2ccccc2)nc1-n1c2ccccc2c2cc3c(cc21)-c1ccc(-c2ccccc2)cc1C3(c1ccccc1)c1ccccc1. The molecule has 2 heterocycles. The van der Waals surface area contributed by atoms with Gasteiger partial charge >= 0.3 is 0 Å². The number of para-hydroxylation sites is 1. The predicted octanol–water partition coefficient (Wildman–Crippen LogP) is 13.5. The van der Waals surface area contributed by atoms with Crippen molar-refractivity contribution in [2.24, 2.45) is 0 Å². The van der Waals surface area contributed by atoms with Gasteiger partial charge in [0.05, 0.1) is 22.1 Å². The van der Waals surface area contributed by atoms with Gasteiger partial charge in [-0.05, 0) is 75.2 Å². The number of rotatable bonds is 7. The lowest BCUT2D eigenvalue weighted by atomic mass is 9.67. The average Bonchev–Trinajstić information content (AvgIpc) is 3.78. The second kappa shape index (κ2) is 13.7. The summed E-state index contributed by atoms with van der Waals surface area (Å²) in [5.41, 5.74) is 15.8. The van der Waals surface area contributed by atoms with Crippen LogP contribution in [0.2, 0.25) is 0 Å². The smallest absolute Gasteiger partial charge is 0.162 e. The van der Waals surface area contributed by atoms with Gasteiger partial charge in [0.25, 0.3) is 0 Å². The first-order valence-corrected chi connectivity index (χ1v) is 20.1. The normalized spacial score (nSPS) is 12.8. The van der Waals surface area contributed by atoms with Crippen LogP contribution in [0.15, 0.2) is 206 Å². The van der Waals surface area contributed by atoms with Crippen molar-refractivity contribution in [3.8, 4) is 50.7 Å². The largest absolute Gasteiger partial charge is 0.293 e. The van der Waals surface area contributed by atoms with E-state index in [1.807, 2.05) is 6.07 Å². The van der Waals surface area contributed by atoms with Crippen molar-refractivity contribution >= 4 is 21.8 Å². The first kappa shape index (κ1) is 33.9. The minimum absolute atomic E-state index is 0.556. The molecule has 0 N–H and O–H groups in total. The molecule has 0 unspecified atom stereocenters. The standard InChI is InChI=1S/C55H39N3/c1-2-43-52(38-22-10-4-11-23-38)56-53(39-24-12-5-13-25-39)57-54(43)58-50-31-19-18-30-45(50)47-35-49-46(36-51(47)58)44-33-32-40(37-20-8-3-9-21-37)34-48(44)55(49,41-26-14-6-15-27-41)42-28-16-7-17-29-42/h3-36H,2H2,1H3. The highest BCUT2D eigenvalue weighted by molar-refractivity contribution is 6.12. The summed E-state index contributed by atoms with van der Waals surface area (Å²) in [5.74, 6) is 1.63. The highest BCUT2D eigenvalue weighted by atomic mass is 15.1. The third-order valence-corrected chi connectivity index (χ3v) is 12.1. The van der Waals surface area contributed by atoms with Gasteiger partial charge in [-0.15, -0.1) is 0 Å². The zero-order valence-electron chi connectivity index (χ0n) is 32.2. The Balaban J connectivity index is 1.27. The lowest BCUT2D eigenvalue weighted by Gasteiger charge is -2.34. The van der Waals surface area contributed by atoms with Crippen molar-refractivity contribution < 1.29 is 0 Å². The molecule has 58 heavy (non-hydrogen) atoms. The summed E-state index contributed by atoms with van der Waals surface area (Å²) in [5, 5.41) is 2.39. The number of benzene rings is 8. The summed E-state index contributed by atoms with van der Waals surface area (Å²) in [6.07, 6.45) is 0.768. The molecule has 0 radical (unpaired) electrons. The van der Waals surface area contributed by atoms with Gasteiger partial charge in [-0.3, -0.25) is 4.57 Å². The van der Waals surface area contributed by atoms with E-state index in [2.05, 4.69) is 212 Å². The van der Waals surface area contributed by atoms with E-state index in [-0.39, 0.29) is 0 Å². The van der Waals surface area contributed by atoms with Crippen LogP contribution in [0, 0.1) is 0 Å². The van der Waals surface area contributed by atoms with Gasteiger partial charge < -0.3 is 0 Å². The second-order valence-corrected chi connectivity index (χ2v) is 15.2. The van der Waals surface area contributed by atoms with E-state index in [0.717, 1.165) is 45.7 Å². The molecule has 0 atom stereocenters. The molecule has 2 aromatic heterocycles. The first-order valence-electron chi connectivity index (χ1n) is 20.1.